The van der Waals surface area contributed by atoms with Crippen LogP contribution < -0.4 is 5.32 Å². The number of carbonyl (C=O) groups excluding carboxylic acids is 1. The first kappa shape index (κ1) is 14.2. The third-order valence-corrected chi connectivity index (χ3v) is 3.81. The number of hydrogen-bond acceptors (Lipinski definition) is 3. The molecule has 0 bridgehead atoms. The normalized spacial score (nSPS) is 10.7. The Hall–Kier alpha value is -3.40. The Balaban J connectivity index is 1.71. The van der Waals surface area contributed by atoms with Gasteiger partial charge in [-0.05, 0) is 30.3 Å². The fourth-order valence-corrected chi connectivity index (χ4v) is 2.61. The van der Waals surface area contributed by atoms with Crippen molar-refractivity contribution >= 4 is 22.5 Å². The van der Waals surface area contributed by atoms with Crippen LogP contribution in [-0.2, 0) is 0 Å². The lowest BCUT2D eigenvalue weighted by atomic mass is 10.1. The summed E-state index contributed by atoms with van der Waals surface area (Å²) in [6.07, 6.45) is 0. The zero-order chi connectivity index (χ0) is 16.4. The molecule has 0 aliphatic carbocycles. The number of carbonyl (C=O) groups is 1. The predicted molar refractivity (Wildman–Crippen MR) is 93.8 cm³/mol. The second-order valence-electron chi connectivity index (χ2n) is 5.43. The Labute approximate surface area is 138 Å². The maximum atomic E-state index is 12.5. The molecule has 1 N–H and O–H groups in total. The van der Waals surface area contributed by atoms with Gasteiger partial charge in [-0.25, -0.2) is 0 Å². The summed E-state index contributed by atoms with van der Waals surface area (Å²) in [4.78, 5) is 12.5. The van der Waals surface area contributed by atoms with E-state index < -0.39 is 0 Å². The molecule has 0 unspecified atom stereocenters. The molecule has 0 aliphatic rings. The molecule has 0 radical (unpaired) electrons. The highest BCUT2D eigenvalue weighted by Crippen LogP contribution is 2.29. The molecule has 0 saturated carbocycles. The summed E-state index contributed by atoms with van der Waals surface area (Å²) >= 11 is 0. The number of amides is 1. The van der Waals surface area contributed by atoms with Gasteiger partial charge in [-0.15, -0.1) is 0 Å². The van der Waals surface area contributed by atoms with Crippen LogP contribution in [0.15, 0.2) is 83.4 Å². The number of nitrogens with zero attached hydrogens (tertiary/aromatic N) is 1. The first-order valence-corrected chi connectivity index (χ1v) is 7.62. The van der Waals surface area contributed by atoms with Gasteiger partial charge in [-0.3, -0.25) is 4.79 Å². The van der Waals surface area contributed by atoms with Crippen LogP contribution in [0.1, 0.15) is 10.4 Å². The van der Waals surface area contributed by atoms with Crippen molar-refractivity contribution in [2.24, 2.45) is 0 Å². The quantitative estimate of drug-likeness (QED) is 0.594. The number of rotatable bonds is 3. The van der Waals surface area contributed by atoms with Crippen molar-refractivity contribution in [2.45, 2.75) is 0 Å². The van der Waals surface area contributed by atoms with E-state index in [2.05, 4.69) is 10.5 Å². The van der Waals surface area contributed by atoms with Crippen LogP contribution >= 0.6 is 0 Å². The van der Waals surface area contributed by atoms with Gasteiger partial charge in [-0.2, -0.15) is 0 Å². The van der Waals surface area contributed by atoms with Crippen molar-refractivity contribution < 1.29 is 9.32 Å². The predicted octanol–water partition coefficient (Wildman–Crippen LogP) is 4.75. The third kappa shape index (κ3) is 2.65. The van der Waals surface area contributed by atoms with Gasteiger partial charge in [0.15, 0.2) is 5.76 Å². The topological polar surface area (TPSA) is 55.1 Å². The Kier molecular flexibility index (Phi) is 3.56. The van der Waals surface area contributed by atoms with Crippen LogP contribution in [-0.4, -0.2) is 11.1 Å². The highest BCUT2D eigenvalue weighted by Gasteiger charge is 2.14. The number of aromatic nitrogens is 1. The maximum Gasteiger partial charge on any atom is 0.255 e. The molecular weight excluding hydrogens is 300 g/mol. The van der Waals surface area contributed by atoms with E-state index in [-0.39, 0.29) is 5.91 Å². The van der Waals surface area contributed by atoms with E-state index in [1.54, 1.807) is 12.1 Å². The molecule has 0 aliphatic heterocycles. The van der Waals surface area contributed by atoms with E-state index in [1.165, 1.54) is 0 Å². The molecule has 4 nitrogen and oxygen atoms in total. The summed E-state index contributed by atoms with van der Waals surface area (Å²) in [5, 5.41) is 7.78. The van der Waals surface area contributed by atoms with Crippen LogP contribution in [0.5, 0.6) is 0 Å². The smallest absolute Gasteiger partial charge is 0.255 e. The number of nitrogens with one attached hydrogen (secondary N) is 1. The van der Waals surface area contributed by atoms with Crippen LogP contribution in [0.25, 0.3) is 22.2 Å². The number of fused-ring (bicyclic) bond motifs is 1. The van der Waals surface area contributed by atoms with Crippen molar-refractivity contribution in [3.05, 3.63) is 84.4 Å². The molecule has 4 heteroatoms. The Morgan fingerprint density at radius 2 is 1.58 bits per heavy atom. The van der Waals surface area contributed by atoms with E-state index in [0.717, 1.165) is 22.2 Å². The van der Waals surface area contributed by atoms with Gasteiger partial charge in [0.05, 0.1) is 5.39 Å². The van der Waals surface area contributed by atoms with Crippen molar-refractivity contribution in [1.82, 2.24) is 5.16 Å². The molecule has 4 rings (SSSR count). The van der Waals surface area contributed by atoms with Gasteiger partial charge in [-0.1, -0.05) is 53.7 Å². The summed E-state index contributed by atoms with van der Waals surface area (Å²) in [6.45, 7) is 0. The lowest BCUT2D eigenvalue weighted by Crippen LogP contribution is -2.11. The van der Waals surface area contributed by atoms with E-state index in [4.69, 9.17) is 4.52 Å². The summed E-state index contributed by atoms with van der Waals surface area (Å²) < 4.78 is 5.47. The fourth-order valence-electron chi connectivity index (χ4n) is 2.61. The molecule has 0 fully saturated rings. The highest BCUT2D eigenvalue weighted by molar-refractivity contribution is 6.07. The van der Waals surface area contributed by atoms with Crippen molar-refractivity contribution in [1.29, 1.82) is 0 Å². The van der Waals surface area contributed by atoms with Gasteiger partial charge in [0.1, 0.15) is 5.52 Å². The van der Waals surface area contributed by atoms with E-state index in [9.17, 15) is 4.79 Å². The second-order valence-corrected chi connectivity index (χ2v) is 5.43. The molecule has 1 heterocycles. The largest absolute Gasteiger partial charge is 0.355 e. The Morgan fingerprint density at radius 1 is 0.875 bits per heavy atom. The first-order valence-electron chi connectivity index (χ1n) is 7.62. The minimum Gasteiger partial charge on any atom is -0.355 e. The number of benzene rings is 3. The highest BCUT2D eigenvalue weighted by atomic mass is 16.5. The summed E-state index contributed by atoms with van der Waals surface area (Å²) in [6, 6.07) is 24.5. The minimum atomic E-state index is -0.164. The lowest BCUT2D eigenvalue weighted by molar-refractivity contribution is 0.102. The summed E-state index contributed by atoms with van der Waals surface area (Å²) in [5.41, 5.74) is 2.98. The number of anilines is 1. The summed E-state index contributed by atoms with van der Waals surface area (Å²) in [7, 11) is 0. The van der Waals surface area contributed by atoms with Crippen LogP contribution in [0, 0.1) is 0 Å². The maximum absolute atomic E-state index is 12.5. The van der Waals surface area contributed by atoms with E-state index in [0.29, 0.717) is 11.3 Å². The van der Waals surface area contributed by atoms with Crippen molar-refractivity contribution in [3.8, 4) is 11.3 Å². The fraction of sp³-hybridized carbons (Fsp3) is 0. The molecule has 1 amide bonds. The van der Waals surface area contributed by atoms with Crippen LogP contribution in [0.4, 0.5) is 5.69 Å². The van der Waals surface area contributed by atoms with Crippen molar-refractivity contribution in [2.75, 3.05) is 5.32 Å². The Morgan fingerprint density at radius 3 is 2.33 bits per heavy atom. The molecule has 3 aromatic carbocycles. The van der Waals surface area contributed by atoms with Gasteiger partial charge in [0, 0.05) is 16.8 Å². The van der Waals surface area contributed by atoms with E-state index >= 15 is 0 Å². The molecule has 24 heavy (non-hydrogen) atoms. The molecule has 0 atom stereocenters. The molecule has 116 valence electrons. The van der Waals surface area contributed by atoms with Gasteiger partial charge >= 0.3 is 0 Å². The minimum absolute atomic E-state index is 0.164. The lowest BCUT2D eigenvalue weighted by Gasteiger charge is -2.05. The molecule has 4 aromatic rings. The Bertz CT molecular complexity index is 992. The third-order valence-electron chi connectivity index (χ3n) is 3.81. The van der Waals surface area contributed by atoms with Gasteiger partial charge < -0.3 is 9.84 Å². The van der Waals surface area contributed by atoms with Gasteiger partial charge in [0.25, 0.3) is 5.91 Å². The second kappa shape index (κ2) is 6.01. The number of para-hydroxylation sites is 1. The zero-order valence-corrected chi connectivity index (χ0v) is 12.8. The summed E-state index contributed by atoms with van der Waals surface area (Å²) in [5.74, 6) is 0.503. The van der Waals surface area contributed by atoms with E-state index in [1.807, 2.05) is 66.7 Å². The zero-order valence-electron chi connectivity index (χ0n) is 12.8. The monoisotopic (exact) mass is 314 g/mol. The van der Waals surface area contributed by atoms with Gasteiger partial charge in [0.2, 0.25) is 0 Å². The molecule has 1 aromatic heterocycles. The molecule has 0 spiro atoms. The van der Waals surface area contributed by atoms with Crippen molar-refractivity contribution in [3.63, 3.8) is 0 Å². The number of hydrogen-bond donors (Lipinski definition) is 1. The molecular formula is C20H14N2O2. The van der Waals surface area contributed by atoms with Crippen LogP contribution in [0.3, 0.4) is 0 Å². The average molecular weight is 314 g/mol. The first-order chi connectivity index (χ1) is 11.8. The molecule has 0 saturated heterocycles. The van der Waals surface area contributed by atoms with Crippen LogP contribution in [0.2, 0.25) is 0 Å². The average Bonchev–Trinajstić information content (AvgIpc) is 3.06. The standard InChI is InChI=1S/C20H14N2O2/c23-20(21-16-9-5-2-6-10-16)15-11-12-18-17(13-15)19(24-22-18)14-7-3-1-4-8-14/h1-13H,(H,21,23). The SMILES string of the molecule is O=C(Nc1ccccc1)c1ccc2noc(-c3ccccc3)c2c1.